The molecule has 0 aliphatic heterocycles. The minimum atomic E-state index is -3.00. The summed E-state index contributed by atoms with van der Waals surface area (Å²) < 4.78 is 43.1. The molecule has 0 N–H and O–H groups in total. The molecule has 0 radical (unpaired) electrons. The summed E-state index contributed by atoms with van der Waals surface area (Å²) in [5, 5.41) is 0. The molecule has 1 fully saturated rings. The first-order chi connectivity index (χ1) is 10.0. The van der Waals surface area contributed by atoms with Crippen molar-refractivity contribution in [2.24, 2.45) is 17.8 Å². The molecule has 0 amide bonds. The van der Waals surface area contributed by atoms with Gasteiger partial charge in [0.1, 0.15) is 5.82 Å². The third kappa shape index (κ3) is 2.60. The van der Waals surface area contributed by atoms with Gasteiger partial charge in [0.15, 0.2) is 0 Å². The summed E-state index contributed by atoms with van der Waals surface area (Å²) in [5.41, 5.74) is 0.186. The number of alkyl halides is 2. The van der Waals surface area contributed by atoms with E-state index in [1.54, 1.807) is 12.1 Å². The molecular formula is C18H23F3. The zero-order chi connectivity index (χ0) is 15.0. The topological polar surface area (TPSA) is 0 Å². The smallest absolute Gasteiger partial charge is 0.206 e. The third-order valence-corrected chi connectivity index (χ3v) is 5.50. The minimum absolute atomic E-state index is 0.0416. The summed E-state index contributed by atoms with van der Waals surface area (Å²) >= 11 is 0. The maximum Gasteiger partial charge on any atom is 0.279 e. The van der Waals surface area contributed by atoms with Crippen LogP contribution in [0.25, 0.3) is 0 Å². The fourth-order valence-electron chi connectivity index (χ4n) is 4.41. The summed E-state index contributed by atoms with van der Waals surface area (Å²) in [7, 11) is 0. The van der Waals surface area contributed by atoms with E-state index in [1.165, 1.54) is 12.8 Å². The van der Waals surface area contributed by atoms with Crippen molar-refractivity contribution in [3.8, 4) is 0 Å². The summed E-state index contributed by atoms with van der Waals surface area (Å²) in [4.78, 5) is 0. The molecule has 1 saturated carbocycles. The average Bonchev–Trinajstić information content (AvgIpc) is 2.73. The Morgan fingerprint density at radius 3 is 2.48 bits per heavy atom. The van der Waals surface area contributed by atoms with Gasteiger partial charge in [-0.2, -0.15) is 0 Å². The Morgan fingerprint density at radius 1 is 1.14 bits per heavy atom. The summed E-state index contributed by atoms with van der Waals surface area (Å²) in [6.07, 6.45) is 6.59. The molecular weight excluding hydrogens is 273 g/mol. The average molecular weight is 296 g/mol. The molecule has 1 atom stereocenters. The first-order valence-corrected chi connectivity index (χ1v) is 8.19. The number of benzene rings is 1. The minimum Gasteiger partial charge on any atom is -0.206 e. The van der Waals surface area contributed by atoms with E-state index in [0.717, 1.165) is 31.7 Å². The van der Waals surface area contributed by atoms with Crippen molar-refractivity contribution in [1.29, 1.82) is 0 Å². The number of hydrogen-bond acceptors (Lipinski definition) is 0. The van der Waals surface area contributed by atoms with Crippen molar-refractivity contribution in [3.63, 3.8) is 0 Å². The fraction of sp³-hybridized carbons (Fsp3) is 0.667. The van der Waals surface area contributed by atoms with Gasteiger partial charge in [0.05, 0.1) is 5.56 Å². The maximum absolute atomic E-state index is 14.7. The highest BCUT2D eigenvalue weighted by atomic mass is 19.3. The number of halogens is 3. The van der Waals surface area contributed by atoms with Gasteiger partial charge in [0.25, 0.3) is 5.92 Å². The van der Waals surface area contributed by atoms with Gasteiger partial charge in [-0.25, -0.2) is 13.2 Å². The Balaban J connectivity index is 1.76. The molecule has 0 saturated heterocycles. The quantitative estimate of drug-likeness (QED) is 0.671. The summed E-state index contributed by atoms with van der Waals surface area (Å²) in [5.74, 6) is -3.69. The second-order valence-corrected chi connectivity index (χ2v) is 6.78. The van der Waals surface area contributed by atoms with Crippen LogP contribution in [0, 0.1) is 23.6 Å². The van der Waals surface area contributed by atoms with Crippen LogP contribution in [-0.2, 0) is 12.3 Å². The van der Waals surface area contributed by atoms with E-state index in [0.29, 0.717) is 17.9 Å². The lowest BCUT2D eigenvalue weighted by Gasteiger charge is -2.34. The van der Waals surface area contributed by atoms with Crippen LogP contribution < -0.4 is 0 Å². The van der Waals surface area contributed by atoms with Gasteiger partial charge >= 0.3 is 0 Å². The van der Waals surface area contributed by atoms with Gasteiger partial charge in [0, 0.05) is 5.92 Å². The highest BCUT2D eigenvalue weighted by Gasteiger charge is 2.53. The van der Waals surface area contributed by atoms with Crippen LogP contribution in [0.15, 0.2) is 18.2 Å². The monoisotopic (exact) mass is 296 g/mol. The van der Waals surface area contributed by atoms with E-state index in [9.17, 15) is 13.2 Å². The SMILES string of the molecule is CCCC1CCC([C@H]2Cc3cccc(F)c3C2(F)F)CC1. The second-order valence-electron chi connectivity index (χ2n) is 6.78. The molecule has 0 spiro atoms. The van der Waals surface area contributed by atoms with Crippen LogP contribution in [0.5, 0.6) is 0 Å². The molecule has 2 aliphatic carbocycles. The lowest BCUT2D eigenvalue weighted by atomic mass is 9.73. The molecule has 1 aromatic carbocycles. The fourth-order valence-corrected chi connectivity index (χ4v) is 4.41. The van der Waals surface area contributed by atoms with E-state index in [2.05, 4.69) is 6.92 Å². The first kappa shape index (κ1) is 14.9. The predicted molar refractivity (Wildman–Crippen MR) is 77.8 cm³/mol. The van der Waals surface area contributed by atoms with E-state index in [-0.39, 0.29) is 11.5 Å². The zero-order valence-electron chi connectivity index (χ0n) is 12.5. The second kappa shape index (κ2) is 5.66. The highest BCUT2D eigenvalue weighted by molar-refractivity contribution is 5.38. The van der Waals surface area contributed by atoms with Crippen LogP contribution in [0.1, 0.15) is 56.6 Å². The molecule has 0 nitrogen and oxygen atoms in total. The van der Waals surface area contributed by atoms with Crippen LogP contribution >= 0.6 is 0 Å². The highest BCUT2D eigenvalue weighted by Crippen LogP contribution is 2.53. The van der Waals surface area contributed by atoms with Crippen molar-refractivity contribution in [2.75, 3.05) is 0 Å². The van der Waals surface area contributed by atoms with Crippen LogP contribution in [0.2, 0.25) is 0 Å². The molecule has 116 valence electrons. The van der Waals surface area contributed by atoms with Gasteiger partial charge in [-0.05, 0) is 42.7 Å². The van der Waals surface area contributed by atoms with Gasteiger partial charge in [-0.1, -0.05) is 44.7 Å². The van der Waals surface area contributed by atoms with Crippen molar-refractivity contribution in [2.45, 2.75) is 57.8 Å². The molecule has 0 heterocycles. The van der Waals surface area contributed by atoms with E-state index in [1.807, 2.05) is 0 Å². The third-order valence-electron chi connectivity index (χ3n) is 5.50. The maximum atomic E-state index is 14.7. The Kier molecular flexibility index (Phi) is 4.02. The van der Waals surface area contributed by atoms with Gasteiger partial charge in [-0.3, -0.25) is 0 Å². The zero-order valence-corrected chi connectivity index (χ0v) is 12.5. The molecule has 3 heteroatoms. The van der Waals surface area contributed by atoms with Crippen molar-refractivity contribution in [3.05, 3.63) is 35.1 Å². The van der Waals surface area contributed by atoms with Crippen molar-refractivity contribution >= 4 is 0 Å². The molecule has 1 aromatic rings. The Bertz CT molecular complexity index is 501. The van der Waals surface area contributed by atoms with E-state index < -0.39 is 17.7 Å². The van der Waals surface area contributed by atoms with Gasteiger partial charge < -0.3 is 0 Å². The largest absolute Gasteiger partial charge is 0.279 e. The standard InChI is InChI=1S/C18H23F3/c1-2-4-12-7-9-13(10-8-12)15-11-14-5-3-6-16(19)17(14)18(15,20)21/h3,5-6,12-13,15H,2,4,7-11H2,1H3/t12?,13?,15-/m1/s1. The number of fused-ring (bicyclic) bond motifs is 1. The molecule has 2 aliphatic rings. The number of hydrogen-bond donors (Lipinski definition) is 0. The molecule has 0 aromatic heterocycles. The molecule has 21 heavy (non-hydrogen) atoms. The Labute approximate surface area is 124 Å². The van der Waals surface area contributed by atoms with Crippen LogP contribution in [0.3, 0.4) is 0 Å². The normalized spacial score (nSPS) is 31.1. The van der Waals surface area contributed by atoms with Crippen molar-refractivity contribution in [1.82, 2.24) is 0 Å². The summed E-state index contributed by atoms with van der Waals surface area (Å²) in [6.45, 7) is 2.18. The van der Waals surface area contributed by atoms with Gasteiger partial charge in [0.2, 0.25) is 0 Å². The first-order valence-electron chi connectivity index (χ1n) is 8.19. The van der Waals surface area contributed by atoms with E-state index in [4.69, 9.17) is 0 Å². The lowest BCUT2D eigenvalue weighted by Crippen LogP contribution is -2.31. The van der Waals surface area contributed by atoms with Crippen LogP contribution in [0.4, 0.5) is 13.2 Å². The number of rotatable bonds is 3. The Hall–Kier alpha value is -0.990. The van der Waals surface area contributed by atoms with E-state index >= 15 is 0 Å². The van der Waals surface area contributed by atoms with Gasteiger partial charge in [-0.15, -0.1) is 0 Å². The Morgan fingerprint density at radius 2 is 1.86 bits per heavy atom. The summed E-state index contributed by atoms with van der Waals surface area (Å²) in [6, 6.07) is 4.37. The van der Waals surface area contributed by atoms with Crippen molar-refractivity contribution < 1.29 is 13.2 Å². The molecule has 0 bridgehead atoms. The predicted octanol–water partition coefficient (Wildman–Crippen LogP) is 5.70. The lowest BCUT2D eigenvalue weighted by molar-refractivity contribution is -0.0840. The molecule has 3 rings (SSSR count). The van der Waals surface area contributed by atoms with Crippen LogP contribution in [-0.4, -0.2) is 0 Å². The molecule has 0 unspecified atom stereocenters.